The Bertz CT molecular complexity index is 566. The van der Waals surface area contributed by atoms with Crippen molar-refractivity contribution in [3.63, 3.8) is 0 Å². The van der Waals surface area contributed by atoms with Crippen LogP contribution in [0, 0.1) is 17.7 Å². The lowest BCUT2D eigenvalue weighted by atomic mass is 10.0. The van der Waals surface area contributed by atoms with Gasteiger partial charge in [-0.25, -0.2) is 12.8 Å². The molecule has 1 aliphatic rings. The SMILES string of the molecule is CC1CN(S(=O)(=O)c2ccc(F)c(CCl)c2)CC1C. The number of alkyl halides is 1. The van der Waals surface area contributed by atoms with Crippen molar-refractivity contribution in [2.24, 2.45) is 11.8 Å². The Morgan fingerprint density at radius 1 is 1.32 bits per heavy atom. The van der Waals surface area contributed by atoms with E-state index in [0.717, 1.165) is 6.07 Å². The number of benzene rings is 1. The van der Waals surface area contributed by atoms with Crippen molar-refractivity contribution in [3.8, 4) is 0 Å². The van der Waals surface area contributed by atoms with Gasteiger partial charge < -0.3 is 0 Å². The van der Waals surface area contributed by atoms with Gasteiger partial charge in [-0.05, 0) is 30.0 Å². The lowest BCUT2D eigenvalue weighted by Crippen LogP contribution is -2.29. The van der Waals surface area contributed by atoms with Crippen LogP contribution in [0.5, 0.6) is 0 Å². The Hall–Kier alpha value is -0.650. The van der Waals surface area contributed by atoms with Gasteiger partial charge in [-0.2, -0.15) is 4.31 Å². The van der Waals surface area contributed by atoms with Crippen molar-refractivity contribution in [2.75, 3.05) is 13.1 Å². The standard InChI is InChI=1S/C13H17ClFNO2S/c1-9-7-16(8-10(9)2)19(17,18)12-3-4-13(15)11(5-12)6-14/h3-5,9-10H,6-8H2,1-2H3. The molecule has 0 bridgehead atoms. The fourth-order valence-electron chi connectivity index (χ4n) is 2.24. The molecular weight excluding hydrogens is 289 g/mol. The third-order valence-corrected chi connectivity index (χ3v) is 5.87. The molecule has 0 amide bonds. The highest BCUT2D eigenvalue weighted by atomic mass is 35.5. The summed E-state index contributed by atoms with van der Waals surface area (Å²) in [6, 6.07) is 3.78. The highest BCUT2D eigenvalue weighted by Gasteiger charge is 2.35. The summed E-state index contributed by atoms with van der Waals surface area (Å²) in [7, 11) is -3.55. The van der Waals surface area contributed by atoms with Gasteiger partial charge in [0, 0.05) is 18.7 Å². The molecule has 0 spiro atoms. The molecule has 106 valence electrons. The summed E-state index contributed by atoms with van der Waals surface area (Å²) in [4.78, 5) is 0.117. The van der Waals surface area contributed by atoms with Crippen LogP contribution in [0.15, 0.2) is 23.1 Å². The molecule has 3 nitrogen and oxygen atoms in total. The highest BCUT2D eigenvalue weighted by molar-refractivity contribution is 7.89. The molecule has 0 aliphatic carbocycles. The van der Waals surface area contributed by atoms with Crippen LogP contribution in [0.4, 0.5) is 4.39 Å². The van der Waals surface area contributed by atoms with E-state index in [1.165, 1.54) is 16.4 Å². The molecule has 0 aromatic heterocycles. The van der Waals surface area contributed by atoms with Gasteiger partial charge in [-0.1, -0.05) is 13.8 Å². The number of sulfonamides is 1. The molecule has 6 heteroatoms. The first-order valence-corrected chi connectivity index (χ1v) is 8.18. The monoisotopic (exact) mass is 305 g/mol. The molecule has 1 aliphatic heterocycles. The average molecular weight is 306 g/mol. The molecule has 2 unspecified atom stereocenters. The van der Waals surface area contributed by atoms with Gasteiger partial charge in [0.25, 0.3) is 0 Å². The van der Waals surface area contributed by atoms with Crippen molar-refractivity contribution < 1.29 is 12.8 Å². The van der Waals surface area contributed by atoms with Crippen LogP contribution < -0.4 is 0 Å². The molecule has 1 fully saturated rings. The van der Waals surface area contributed by atoms with E-state index in [2.05, 4.69) is 0 Å². The normalized spacial score (nSPS) is 24.8. The number of nitrogens with zero attached hydrogens (tertiary/aromatic N) is 1. The van der Waals surface area contributed by atoms with Gasteiger partial charge in [0.05, 0.1) is 10.8 Å². The first-order chi connectivity index (χ1) is 8.86. The Morgan fingerprint density at radius 3 is 2.42 bits per heavy atom. The second-order valence-corrected chi connectivity index (χ2v) is 7.37. The molecule has 0 N–H and O–H groups in total. The Balaban J connectivity index is 2.35. The maximum atomic E-state index is 13.4. The van der Waals surface area contributed by atoms with Crippen molar-refractivity contribution in [1.29, 1.82) is 0 Å². The molecule has 1 heterocycles. The topological polar surface area (TPSA) is 37.4 Å². The second-order valence-electron chi connectivity index (χ2n) is 5.16. The van der Waals surface area contributed by atoms with Crippen molar-refractivity contribution in [2.45, 2.75) is 24.6 Å². The summed E-state index contributed by atoms with van der Waals surface area (Å²) in [6.45, 7) is 5.10. The van der Waals surface area contributed by atoms with Gasteiger partial charge in [-0.15, -0.1) is 11.6 Å². The Morgan fingerprint density at radius 2 is 1.89 bits per heavy atom. The molecule has 1 aromatic carbocycles. The van der Waals surface area contributed by atoms with Crippen molar-refractivity contribution in [3.05, 3.63) is 29.6 Å². The molecular formula is C13H17ClFNO2S. The highest BCUT2D eigenvalue weighted by Crippen LogP contribution is 2.28. The smallest absolute Gasteiger partial charge is 0.207 e. The van der Waals surface area contributed by atoms with Crippen LogP contribution in [0.1, 0.15) is 19.4 Å². The Labute approximate surface area is 118 Å². The van der Waals surface area contributed by atoms with Crippen LogP contribution in [-0.2, 0) is 15.9 Å². The molecule has 0 radical (unpaired) electrons. The summed E-state index contributed by atoms with van der Waals surface area (Å²) in [6.07, 6.45) is 0. The zero-order valence-corrected chi connectivity index (χ0v) is 12.5. The maximum Gasteiger partial charge on any atom is 0.243 e. The van der Waals surface area contributed by atoms with Crippen molar-refractivity contribution >= 4 is 21.6 Å². The summed E-state index contributed by atoms with van der Waals surface area (Å²) < 4.78 is 39.8. The predicted molar refractivity (Wildman–Crippen MR) is 73.0 cm³/mol. The fraction of sp³-hybridized carbons (Fsp3) is 0.538. The maximum absolute atomic E-state index is 13.4. The second kappa shape index (κ2) is 5.38. The Kier molecular flexibility index (Phi) is 4.18. The van der Waals surface area contributed by atoms with Gasteiger partial charge in [0.1, 0.15) is 5.82 Å². The number of rotatable bonds is 3. The van der Waals surface area contributed by atoms with Crippen LogP contribution in [-0.4, -0.2) is 25.8 Å². The zero-order chi connectivity index (χ0) is 14.2. The van der Waals surface area contributed by atoms with Crippen LogP contribution >= 0.6 is 11.6 Å². The van der Waals surface area contributed by atoms with E-state index >= 15 is 0 Å². The first-order valence-electron chi connectivity index (χ1n) is 6.20. The van der Waals surface area contributed by atoms with E-state index in [0.29, 0.717) is 24.9 Å². The largest absolute Gasteiger partial charge is 0.243 e. The molecule has 2 atom stereocenters. The van der Waals surface area contributed by atoms with E-state index in [9.17, 15) is 12.8 Å². The number of halogens is 2. The summed E-state index contributed by atoms with van der Waals surface area (Å²) in [5.74, 6) is 0.157. The van der Waals surface area contributed by atoms with E-state index in [4.69, 9.17) is 11.6 Å². The average Bonchev–Trinajstić information content (AvgIpc) is 2.70. The minimum Gasteiger partial charge on any atom is -0.207 e. The quantitative estimate of drug-likeness (QED) is 0.805. The molecule has 0 saturated carbocycles. The minimum absolute atomic E-state index is 0.0397. The van der Waals surface area contributed by atoms with Gasteiger partial charge in [-0.3, -0.25) is 0 Å². The summed E-state index contributed by atoms with van der Waals surface area (Å²) in [5, 5.41) is 0. The zero-order valence-electron chi connectivity index (χ0n) is 10.9. The van der Waals surface area contributed by atoms with Crippen molar-refractivity contribution in [1.82, 2.24) is 4.31 Å². The molecule has 1 saturated heterocycles. The van der Waals surface area contributed by atoms with Crippen LogP contribution in [0.3, 0.4) is 0 Å². The van der Waals surface area contributed by atoms with E-state index in [1.807, 2.05) is 13.8 Å². The predicted octanol–water partition coefficient (Wildman–Crippen LogP) is 2.84. The van der Waals surface area contributed by atoms with Crippen LogP contribution in [0.25, 0.3) is 0 Å². The van der Waals surface area contributed by atoms with E-state index in [-0.39, 0.29) is 16.3 Å². The summed E-state index contributed by atoms with van der Waals surface area (Å²) in [5.41, 5.74) is 0.211. The number of hydrogen-bond acceptors (Lipinski definition) is 2. The van der Waals surface area contributed by atoms with Gasteiger partial charge in [0.2, 0.25) is 10.0 Å². The third kappa shape index (κ3) is 2.78. The molecule has 1 aromatic rings. The number of hydrogen-bond donors (Lipinski definition) is 0. The minimum atomic E-state index is -3.55. The van der Waals surface area contributed by atoms with Crippen LogP contribution in [0.2, 0.25) is 0 Å². The van der Waals surface area contributed by atoms with E-state index in [1.54, 1.807) is 0 Å². The third-order valence-electron chi connectivity index (χ3n) is 3.75. The van der Waals surface area contributed by atoms with Gasteiger partial charge in [0.15, 0.2) is 0 Å². The lowest BCUT2D eigenvalue weighted by Gasteiger charge is -2.16. The molecule has 2 rings (SSSR count). The lowest BCUT2D eigenvalue weighted by molar-refractivity contribution is 0.463. The van der Waals surface area contributed by atoms with Gasteiger partial charge >= 0.3 is 0 Å². The first kappa shape index (κ1) is 14.8. The fourth-order valence-corrected chi connectivity index (χ4v) is 4.13. The summed E-state index contributed by atoms with van der Waals surface area (Å²) >= 11 is 5.61. The molecule has 19 heavy (non-hydrogen) atoms. The van der Waals surface area contributed by atoms with E-state index < -0.39 is 15.8 Å².